The van der Waals surface area contributed by atoms with Crippen LogP contribution < -0.4 is 0 Å². The minimum absolute atomic E-state index is 0.00675. The highest BCUT2D eigenvalue weighted by atomic mass is 79.9. The molecule has 1 aromatic carbocycles. The zero-order valence-corrected chi connectivity index (χ0v) is 22.4. The molecule has 1 aliphatic heterocycles. The Balaban J connectivity index is 1.59. The van der Waals surface area contributed by atoms with Gasteiger partial charge in [0.15, 0.2) is 6.61 Å². The van der Waals surface area contributed by atoms with Crippen molar-refractivity contribution >= 4 is 59.7 Å². The van der Waals surface area contributed by atoms with E-state index in [1.165, 1.54) is 18.2 Å². The Morgan fingerprint density at radius 2 is 1.84 bits per heavy atom. The maximum Gasteiger partial charge on any atom is 0.324 e. The first-order valence-electron chi connectivity index (χ1n) is 10.1. The summed E-state index contributed by atoms with van der Waals surface area (Å²) in [5.74, 6) is -0.975. The van der Waals surface area contributed by atoms with Gasteiger partial charge in [-0.3, -0.25) is 14.5 Å². The standard InChI is InChI=1S/C22H24Br3FN2O4/c1-13-10-28(14(2)9-27(13)11-15-3-5-16(26)6-4-15)19(29)12-32-20-17(23)7-22(25,21(30)31)8-18(20)24/h3-7,13-14H,8-12H2,1-2H3,(H,30,31)/t13-,14+,22?/m1/s1. The molecule has 1 saturated heterocycles. The second kappa shape index (κ2) is 10.4. The maximum atomic E-state index is 13.2. The normalized spacial score (nSPS) is 26.7. The quantitative estimate of drug-likeness (QED) is 0.455. The fraction of sp³-hybridized carbons (Fsp3) is 0.455. The average Bonchev–Trinajstić information content (AvgIpc) is 2.71. The van der Waals surface area contributed by atoms with Crippen LogP contribution >= 0.6 is 47.8 Å². The zero-order valence-electron chi connectivity index (χ0n) is 17.7. The minimum Gasteiger partial charge on any atom is -0.482 e. The lowest BCUT2D eigenvalue weighted by molar-refractivity contribution is -0.141. The van der Waals surface area contributed by atoms with Crippen LogP contribution in [-0.2, 0) is 20.9 Å². The molecule has 32 heavy (non-hydrogen) atoms. The maximum absolute atomic E-state index is 13.2. The Morgan fingerprint density at radius 1 is 1.19 bits per heavy atom. The fourth-order valence-corrected chi connectivity index (χ4v) is 6.82. The third-order valence-corrected chi connectivity index (χ3v) is 7.74. The van der Waals surface area contributed by atoms with Gasteiger partial charge in [-0.15, -0.1) is 0 Å². The van der Waals surface area contributed by atoms with Crippen LogP contribution in [-0.4, -0.2) is 62.9 Å². The van der Waals surface area contributed by atoms with Crippen LogP contribution in [0.25, 0.3) is 0 Å². The summed E-state index contributed by atoms with van der Waals surface area (Å²) in [5.41, 5.74) is 1.03. The summed E-state index contributed by atoms with van der Waals surface area (Å²) >= 11 is 9.97. The van der Waals surface area contributed by atoms with E-state index >= 15 is 0 Å². The van der Waals surface area contributed by atoms with Gasteiger partial charge in [0.2, 0.25) is 0 Å². The molecule has 3 atom stereocenters. The SMILES string of the molecule is C[C@@H]1CN(C(=O)COC2=C(Br)CC(Br)(C(=O)O)C=C2Br)[C@@H](C)CN1Cc1ccc(F)cc1. The number of piperazine rings is 1. The molecule has 174 valence electrons. The Kier molecular flexibility index (Phi) is 8.22. The van der Waals surface area contributed by atoms with Crippen molar-refractivity contribution in [3.8, 4) is 0 Å². The summed E-state index contributed by atoms with van der Waals surface area (Å²) in [6.07, 6.45) is 1.68. The van der Waals surface area contributed by atoms with Crippen LogP contribution in [0.1, 0.15) is 25.8 Å². The number of aliphatic carboxylic acids is 1. The first kappa shape index (κ1) is 25.4. The number of ether oxygens (including phenoxy) is 1. The van der Waals surface area contributed by atoms with Crippen LogP contribution in [0.5, 0.6) is 0 Å². The minimum atomic E-state index is -1.23. The molecule has 1 aromatic rings. The van der Waals surface area contributed by atoms with E-state index in [-0.39, 0.29) is 36.8 Å². The molecule has 0 aromatic heterocycles. The number of carbonyl (C=O) groups excluding carboxylic acids is 1. The highest BCUT2D eigenvalue weighted by Gasteiger charge is 2.39. The van der Waals surface area contributed by atoms with Crippen LogP contribution in [0.4, 0.5) is 4.39 Å². The van der Waals surface area contributed by atoms with Gasteiger partial charge < -0.3 is 14.7 Å². The number of rotatable bonds is 6. The largest absolute Gasteiger partial charge is 0.482 e. The van der Waals surface area contributed by atoms with E-state index < -0.39 is 10.3 Å². The van der Waals surface area contributed by atoms with Gasteiger partial charge in [0.05, 0.1) is 4.48 Å². The molecule has 0 radical (unpaired) electrons. The number of hydrogen-bond acceptors (Lipinski definition) is 4. The number of halogens is 4. The Bertz CT molecular complexity index is 953. The molecule has 1 amide bonds. The van der Waals surface area contributed by atoms with Gasteiger partial charge in [-0.1, -0.05) is 44.0 Å². The van der Waals surface area contributed by atoms with Crippen molar-refractivity contribution in [3.63, 3.8) is 0 Å². The van der Waals surface area contributed by atoms with Gasteiger partial charge >= 0.3 is 5.97 Å². The first-order valence-corrected chi connectivity index (χ1v) is 12.5. The Morgan fingerprint density at radius 3 is 2.44 bits per heavy atom. The van der Waals surface area contributed by atoms with Crippen molar-refractivity contribution in [2.24, 2.45) is 0 Å². The monoisotopic (exact) mass is 636 g/mol. The highest BCUT2D eigenvalue weighted by molar-refractivity contribution is 9.12. The summed E-state index contributed by atoms with van der Waals surface area (Å²) in [6, 6.07) is 6.61. The van der Waals surface area contributed by atoms with E-state index in [0.717, 1.165) is 5.56 Å². The van der Waals surface area contributed by atoms with Crippen molar-refractivity contribution in [1.82, 2.24) is 9.80 Å². The van der Waals surface area contributed by atoms with E-state index in [1.807, 2.05) is 11.8 Å². The van der Waals surface area contributed by atoms with E-state index in [2.05, 4.69) is 59.6 Å². The topological polar surface area (TPSA) is 70.1 Å². The molecule has 1 aliphatic carbocycles. The first-order chi connectivity index (χ1) is 15.0. The summed E-state index contributed by atoms with van der Waals surface area (Å²) in [5, 5.41) is 9.41. The smallest absolute Gasteiger partial charge is 0.324 e. The van der Waals surface area contributed by atoms with Gasteiger partial charge in [0, 0.05) is 42.6 Å². The molecule has 0 spiro atoms. The molecule has 1 heterocycles. The van der Waals surface area contributed by atoms with E-state index in [4.69, 9.17) is 4.74 Å². The van der Waals surface area contributed by atoms with Gasteiger partial charge in [0.1, 0.15) is 15.9 Å². The summed E-state index contributed by atoms with van der Waals surface area (Å²) in [4.78, 5) is 28.5. The predicted molar refractivity (Wildman–Crippen MR) is 130 cm³/mol. The summed E-state index contributed by atoms with van der Waals surface area (Å²) in [7, 11) is 0. The van der Waals surface area contributed by atoms with Crippen molar-refractivity contribution in [3.05, 3.63) is 56.4 Å². The molecule has 1 N–H and O–H groups in total. The lowest BCUT2D eigenvalue weighted by Gasteiger charge is -2.44. The van der Waals surface area contributed by atoms with Gasteiger partial charge in [-0.25, -0.2) is 4.39 Å². The van der Waals surface area contributed by atoms with Crippen LogP contribution in [0.15, 0.2) is 45.1 Å². The van der Waals surface area contributed by atoms with Crippen LogP contribution in [0.2, 0.25) is 0 Å². The third kappa shape index (κ3) is 5.81. The number of carboxylic acid groups (broad SMARTS) is 1. The van der Waals surface area contributed by atoms with Crippen molar-refractivity contribution in [2.75, 3.05) is 19.7 Å². The van der Waals surface area contributed by atoms with E-state index in [1.54, 1.807) is 12.1 Å². The van der Waals surface area contributed by atoms with Crippen LogP contribution in [0, 0.1) is 5.82 Å². The second-order valence-electron chi connectivity index (χ2n) is 8.16. The molecule has 3 rings (SSSR count). The van der Waals surface area contributed by atoms with Gasteiger partial charge in [0.25, 0.3) is 5.91 Å². The number of amides is 1. The van der Waals surface area contributed by atoms with Crippen molar-refractivity contribution in [1.29, 1.82) is 0 Å². The lowest BCUT2D eigenvalue weighted by atomic mass is 10.00. The average molecular weight is 639 g/mol. The van der Waals surface area contributed by atoms with E-state index in [0.29, 0.717) is 34.4 Å². The third-order valence-electron chi connectivity index (χ3n) is 5.66. The van der Waals surface area contributed by atoms with Crippen LogP contribution in [0.3, 0.4) is 0 Å². The van der Waals surface area contributed by atoms with Gasteiger partial charge in [-0.05, 0) is 53.5 Å². The molecule has 1 fully saturated rings. The molecule has 0 bridgehead atoms. The predicted octanol–water partition coefficient (Wildman–Crippen LogP) is 4.77. The number of alkyl halides is 1. The molecule has 6 nitrogen and oxygen atoms in total. The molecular weight excluding hydrogens is 615 g/mol. The Hall–Kier alpha value is -1.23. The number of allylic oxidation sites excluding steroid dienone is 2. The fourth-order valence-electron chi connectivity index (χ4n) is 3.84. The Labute approximate surface area is 211 Å². The highest BCUT2D eigenvalue weighted by Crippen LogP contribution is 2.42. The molecule has 2 aliphatic rings. The van der Waals surface area contributed by atoms with Crippen molar-refractivity contribution < 1.29 is 23.8 Å². The zero-order chi connectivity index (χ0) is 23.6. The number of carboxylic acids is 1. The molecule has 0 saturated carbocycles. The number of carbonyl (C=O) groups is 2. The number of nitrogens with zero attached hydrogens (tertiary/aromatic N) is 2. The number of benzene rings is 1. The van der Waals surface area contributed by atoms with E-state index in [9.17, 15) is 19.1 Å². The summed E-state index contributed by atoms with van der Waals surface area (Å²) < 4.78 is 18.7. The summed E-state index contributed by atoms with van der Waals surface area (Å²) in [6.45, 7) is 5.87. The lowest BCUT2D eigenvalue weighted by Crippen LogP contribution is -2.58. The number of hydrogen-bond donors (Lipinski definition) is 1. The second-order valence-corrected chi connectivity index (χ2v) is 11.4. The molecule has 1 unspecified atom stereocenters. The molecular formula is C22H24Br3FN2O4. The molecule has 10 heteroatoms. The van der Waals surface area contributed by atoms with Gasteiger partial charge in [-0.2, -0.15) is 0 Å². The van der Waals surface area contributed by atoms with Crippen molar-refractivity contribution in [2.45, 2.75) is 43.2 Å².